The molecule has 1 rings (SSSR count). The molecule has 4 heteroatoms. The highest BCUT2D eigenvalue weighted by atomic mass is 16.4. The van der Waals surface area contributed by atoms with E-state index in [1.807, 2.05) is 30.3 Å². The molecule has 0 aromatic heterocycles. The van der Waals surface area contributed by atoms with Crippen LogP contribution in [0.5, 0.6) is 0 Å². The van der Waals surface area contributed by atoms with Crippen LogP contribution in [0.4, 0.5) is 0 Å². The molecule has 0 radical (unpaired) electrons. The van der Waals surface area contributed by atoms with Gasteiger partial charge in [0.15, 0.2) is 0 Å². The first-order valence-corrected chi connectivity index (χ1v) is 4.73. The first-order valence-electron chi connectivity index (χ1n) is 4.73. The van der Waals surface area contributed by atoms with Crippen LogP contribution in [0.15, 0.2) is 30.3 Å². The maximum absolute atomic E-state index is 10.3. The molecule has 0 aliphatic carbocycles. The van der Waals surface area contributed by atoms with Gasteiger partial charge in [-0.25, -0.2) is 0 Å². The second-order valence-electron chi connectivity index (χ2n) is 3.68. The van der Waals surface area contributed by atoms with Gasteiger partial charge in [-0.05, 0) is 12.5 Å². The van der Waals surface area contributed by atoms with Gasteiger partial charge < -0.3 is 10.2 Å². The lowest BCUT2D eigenvalue weighted by Crippen LogP contribution is -2.46. The summed E-state index contributed by atoms with van der Waals surface area (Å²) in [6.45, 7) is 1.31. The molecule has 0 amide bonds. The molecule has 0 aliphatic heterocycles. The lowest BCUT2D eigenvalue weighted by Gasteiger charge is -2.24. The van der Waals surface area contributed by atoms with Crippen molar-refractivity contribution in [1.82, 2.24) is 5.32 Å². The van der Waals surface area contributed by atoms with Crippen molar-refractivity contribution in [3.63, 3.8) is 0 Å². The van der Waals surface area contributed by atoms with E-state index < -0.39 is 11.7 Å². The molecular weight excluding hydrogens is 194 g/mol. The average molecular weight is 209 g/mol. The van der Waals surface area contributed by atoms with E-state index in [2.05, 4.69) is 5.32 Å². The summed E-state index contributed by atoms with van der Waals surface area (Å²) in [5.74, 6) is -0.983. The SMILES string of the molecule is CC(O)(Cc1ccccc1)NCC(=O)O. The lowest BCUT2D eigenvalue weighted by molar-refractivity contribution is -0.137. The molecule has 1 aromatic carbocycles. The van der Waals surface area contributed by atoms with E-state index in [1.54, 1.807) is 6.92 Å². The van der Waals surface area contributed by atoms with Crippen molar-refractivity contribution in [3.05, 3.63) is 35.9 Å². The highest BCUT2D eigenvalue weighted by Crippen LogP contribution is 2.09. The van der Waals surface area contributed by atoms with Gasteiger partial charge in [-0.1, -0.05) is 30.3 Å². The van der Waals surface area contributed by atoms with Gasteiger partial charge in [-0.2, -0.15) is 0 Å². The van der Waals surface area contributed by atoms with E-state index in [0.717, 1.165) is 5.56 Å². The van der Waals surface area contributed by atoms with Crippen molar-refractivity contribution < 1.29 is 15.0 Å². The Morgan fingerprint density at radius 2 is 2.00 bits per heavy atom. The predicted octanol–water partition coefficient (Wildman–Crippen LogP) is 0.612. The van der Waals surface area contributed by atoms with Crippen molar-refractivity contribution in [1.29, 1.82) is 0 Å². The van der Waals surface area contributed by atoms with Crippen molar-refractivity contribution in [3.8, 4) is 0 Å². The number of rotatable bonds is 5. The van der Waals surface area contributed by atoms with Gasteiger partial charge in [0.2, 0.25) is 0 Å². The van der Waals surface area contributed by atoms with Gasteiger partial charge in [-0.3, -0.25) is 10.1 Å². The third-order valence-electron chi connectivity index (χ3n) is 2.01. The molecular formula is C11H15NO3. The van der Waals surface area contributed by atoms with Gasteiger partial charge in [0.25, 0.3) is 0 Å². The smallest absolute Gasteiger partial charge is 0.317 e. The summed E-state index contributed by atoms with van der Waals surface area (Å²) in [6, 6.07) is 9.42. The zero-order valence-corrected chi connectivity index (χ0v) is 8.60. The number of carbonyl (C=O) groups is 1. The van der Waals surface area contributed by atoms with Gasteiger partial charge in [0, 0.05) is 6.42 Å². The summed E-state index contributed by atoms with van der Waals surface area (Å²) in [5.41, 5.74) is -0.236. The Labute approximate surface area is 88.6 Å². The molecule has 0 fully saturated rings. The molecule has 0 spiro atoms. The normalized spacial score (nSPS) is 14.5. The van der Waals surface area contributed by atoms with Crippen LogP contribution in [0, 0.1) is 0 Å². The van der Waals surface area contributed by atoms with Gasteiger partial charge in [0.05, 0.1) is 6.54 Å². The average Bonchev–Trinajstić information content (AvgIpc) is 2.16. The van der Waals surface area contributed by atoms with Crippen LogP contribution in [0.1, 0.15) is 12.5 Å². The zero-order valence-electron chi connectivity index (χ0n) is 8.60. The van der Waals surface area contributed by atoms with Crippen LogP contribution in [0.25, 0.3) is 0 Å². The molecule has 15 heavy (non-hydrogen) atoms. The van der Waals surface area contributed by atoms with Crippen molar-refractivity contribution in [2.75, 3.05) is 6.54 Å². The molecule has 3 N–H and O–H groups in total. The fraction of sp³-hybridized carbons (Fsp3) is 0.364. The van der Waals surface area contributed by atoms with E-state index in [9.17, 15) is 9.90 Å². The summed E-state index contributed by atoms with van der Waals surface area (Å²) in [4.78, 5) is 10.3. The quantitative estimate of drug-likeness (QED) is 0.621. The van der Waals surface area contributed by atoms with Crippen LogP contribution in [-0.2, 0) is 11.2 Å². The van der Waals surface area contributed by atoms with Crippen LogP contribution >= 0.6 is 0 Å². The highest BCUT2D eigenvalue weighted by molar-refractivity contribution is 5.69. The van der Waals surface area contributed by atoms with E-state index in [-0.39, 0.29) is 6.54 Å². The van der Waals surface area contributed by atoms with Gasteiger partial charge in [0.1, 0.15) is 5.72 Å². The summed E-state index contributed by atoms with van der Waals surface area (Å²) in [6.07, 6.45) is 0.376. The van der Waals surface area contributed by atoms with Gasteiger partial charge in [-0.15, -0.1) is 0 Å². The van der Waals surface area contributed by atoms with E-state index in [1.165, 1.54) is 0 Å². The molecule has 1 atom stereocenters. The minimum Gasteiger partial charge on any atom is -0.480 e. The maximum atomic E-state index is 10.3. The van der Waals surface area contributed by atoms with Crippen LogP contribution in [0.3, 0.4) is 0 Å². The minimum atomic E-state index is -1.19. The standard InChI is InChI=1S/C11H15NO3/c1-11(15,12-8-10(13)14)7-9-5-3-2-4-6-9/h2-6,12,15H,7-8H2,1H3,(H,13,14). The Hall–Kier alpha value is -1.39. The molecule has 1 aromatic rings. The number of aliphatic hydroxyl groups is 1. The van der Waals surface area contributed by atoms with E-state index in [4.69, 9.17) is 5.11 Å². The molecule has 0 heterocycles. The van der Waals surface area contributed by atoms with Crippen molar-refractivity contribution in [2.24, 2.45) is 0 Å². The Morgan fingerprint density at radius 3 is 2.53 bits per heavy atom. The summed E-state index contributed by atoms with van der Waals surface area (Å²) in [7, 11) is 0. The fourth-order valence-corrected chi connectivity index (χ4v) is 1.32. The lowest BCUT2D eigenvalue weighted by atomic mass is 10.0. The third-order valence-corrected chi connectivity index (χ3v) is 2.01. The molecule has 0 bridgehead atoms. The second-order valence-corrected chi connectivity index (χ2v) is 3.68. The zero-order chi connectivity index (χ0) is 11.3. The number of carboxylic acids is 1. The maximum Gasteiger partial charge on any atom is 0.317 e. The number of carboxylic acid groups (broad SMARTS) is 1. The van der Waals surface area contributed by atoms with E-state index >= 15 is 0 Å². The van der Waals surface area contributed by atoms with Crippen LogP contribution in [-0.4, -0.2) is 28.5 Å². The minimum absolute atomic E-state index is 0.250. The highest BCUT2D eigenvalue weighted by Gasteiger charge is 2.20. The third kappa shape index (κ3) is 4.58. The van der Waals surface area contributed by atoms with Crippen molar-refractivity contribution in [2.45, 2.75) is 19.1 Å². The first-order chi connectivity index (χ1) is 6.99. The Morgan fingerprint density at radius 1 is 1.40 bits per heavy atom. The van der Waals surface area contributed by atoms with Crippen molar-refractivity contribution >= 4 is 5.97 Å². The number of benzene rings is 1. The Kier molecular flexibility index (Phi) is 3.82. The number of nitrogens with one attached hydrogen (secondary N) is 1. The van der Waals surface area contributed by atoms with E-state index in [0.29, 0.717) is 6.42 Å². The van der Waals surface area contributed by atoms with Crippen LogP contribution < -0.4 is 5.32 Å². The predicted molar refractivity (Wildman–Crippen MR) is 56.4 cm³/mol. The molecule has 0 saturated heterocycles. The first kappa shape index (κ1) is 11.7. The van der Waals surface area contributed by atoms with Gasteiger partial charge >= 0.3 is 5.97 Å². The Bertz CT molecular complexity index is 322. The second kappa shape index (κ2) is 4.91. The fourth-order valence-electron chi connectivity index (χ4n) is 1.32. The monoisotopic (exact) mass is 209 g/mol. The number of hydrogen-bond donors (Lipinski definition) is 3. The number of hydrogen-bond acceptors (Lipinski definition) is 3. The van der Waals surface area contributed by atoms with Crippen LogP contribution in [0.2, 0.25) is 0 Å². The summed E-state index contributed by atoms with van der Waals surface area (Å²) in [5, 5.41) is 20.9. The largest absolute Gasteiger partial charge is 0.480 e. The molecule has 4 nitrogen and oxygen atoms in total. The Balaban J connectivity index is 2.52. The molecule has 0 aliphatic rings. The molecule has 0 saturated carbocycles. The molecule has 82 valence electrons. The number of aliphatic carboxylic acids is 1. The molecule has 1 unspecified atom stereocenters. The summed E-state index contributed by atoms with van der Waals surface area (Å²) < 4.78 is 0. The topological polar surface area (TPSA) is 69.6 Å². The summed E-state index contributed by atoms with van der Waals surface area (Å²) >= 11 is 0.